The molecule has 0 radical (unpaired) electrons. The molecule has 3 aromatic rings. The van der Waals surface area contributed by atoms with Crippen LogP contribution in [0.15, 0.2) is 30.5 Å². The molecule has 1 atom stereocenters. The van der Waals surface area contributed by atoms with E-state index in [1.165, 1.54) is 6.42 Å². The van der Waals surface area contributed by atoms with Gasteiger partial charge in [0, 0.05) is 17.1 Å². The first-order valence-electron chi connectivity index (χ1n) is 6.51. The summed E-state index contributed by atoms with van der Waals surface area (Å²) in [7, 11) is 0. The maximum atomic E-state index is 4.19. The SMILES string of the molecule is c1ccc2c(-n3nnnc3C3CCCN3)c[nH]c2c1. The Kier molecular flexibility index (Phi) is 2.34. The molecule has 96 valence electrons. The molecule has 1 saturated heterocycles. The third-order valence-corrected chi connectivity index (χ3v) is 3.66. The Hall–Kier alpha value is -2.21. The van der Waals surface area contributed by atoms with Gasteiger partial charge in [-0.1, -0.05) is 18.2 Å². The second-order valence-corrected chi connectivity index (χ2v) is 4.82. The highest BCUT2D eigenvalue weighted by atomic mass is 15.5. The van der Waals surface area contributed by atoms with Crippen molar-refractivity contribution in [3.8, 4) is 5.69 Å². The Morgan fingerprint density at radius 1 is 1.26 bits per heavy atom. The lowest BCUT2D eigenvalue weighted by molar-refractivity contribution is 0.584. The zero-order valence-electron chi connectivity index (χ0n) is 10.4. The number of fused-ring (bicyclic) bond motifs is 1. The number of aromatic amines is 1. The molecule has 0 amide bonds. The summed E-state index contributed by atoms with van der Waals surface area (Å²) in [5.74, 6) is 0.891. The van der Waals surface area contributed by atoms with E-state index in [1.54, 1.807) is 0 Å². The molecule has 3 heterocycles. The number of nitrogens with zero attached hydrogens (tertiary/aromatic N) is 4. The molecular formula is C13H14N6. The van der Waals surface area contributed by atoms with Gasteiger partial charge in [0.2, 0.25) is 0 Å². The van der Waals surface area contributed by atoms with Gasteiger partial charge in [0.15, 0.2) is 5.82 Å². The summed E-state index contributed by atoms with van der Waals surface area (Å²) in [6.07, 6.45) is 4.22. The Bertz CT molecular complexity index is 707. The number of aromatic nitrogens is 5. The van der Waals surface area contributed by atoms with Gasteiger partial charge in [0.25, 0.3) is 0 Å². The highest BCUT2D eigenvalue weighted by Gasteiger charge is 2.23. The van der Waals surface area contributed by atoms with E-state index < -0.39 is 0 Å². The average molecular weight is 254 g/mol. The Balaban J connectivity index is 1.86. The van der Waals surface area contributed by atoms with Crippen LogP contribution >= 0.6 is 0 Å². The summed E-state index contributed by atoms with van der Waals surface area (Å²) < 4.78 is 1.84. The van der Waals surface area contributed by atoms with E-state index in [4.69, 9.17) is 0 Å². The topological polar surface area (TPSA) is 71.4 Å². The van der Waals surface area contributed by atoms with Crippen molar-refractivity contribution in [3.05, 3.63) is 36.3 Å². The molecule has 1 aliphatic rings. The van der Waals surface area contributed by atoms with E-state index in [0.717, 1.165) is 35.4 Å². The molecule has 1 fully saturated rings. The number of tetrazole rings is 1. The number of rotatable bonds is 2. The van der Waals surface area contributed by atoms with Crippen molar-refractivity contribution in [1.29, 1.82) is 0 Å². The van der Waals surface area contributed by atoms with Gasteiger partial charge in [-0.3, -0.25) is 0 Å². The molecular weight excluding hydrogens is 240 g/mol. The minimum absolute atomic E-state index is 0.253. The van der Waals surface area contributed by atoms with E-state index in [2.05, 4.69) is 38.0 Å². The van der Waals surface area contributed by atoms with Crippen LogP contribution in [0.1, 0.15) is 24.7 Å². The van der Waals surface area contributed by atoms with Crippen LogP contribution < -0.4 is 5.32 Å². The summed E-state index contributed by atoms with van der Waals surface area (Å²) in [4.78, 5) is 3.26. The number of para-hydroxylation sites is 1. The molecule has 2 aromatic heterocycles. The highest BCUT2D eigenvalue weighted by Crippen LogP contribution is 2.26. The van der Waals surface area contributed by atoms with Crippen LogP contribution in [0.3, 0.4) is 0 Å². The van der Waals surface area contributed by atoms with Gasteiger partial charge in [-0.25, -0.2) is 0 Å². The Morgan fingerprint density at radius 3 is 3.11 bits per heavy atom. The fraction of sp³-hybridized carbons (Fsp3) is 0.308. The van der Waals surface area contributed by atoms with Gasteiger partial charge < -0.3 is 10.3 Å². The fourth-order valence-corrected chi connectivity index (χ4v) is 2.72. The molecule has 1 unspecified atom stereocenters. The average Bonchev–Trinajstić information content (AvgIpc) is 3.17. The van der Waals surface area contributed by atoms with Crippen LogP contribution in [0.2, 0.25) is 0 Å². The molecule has 6 heteroatoms. The van der Waals surface area contributed by atoms with Crippen molar-refractivity contribution in [2.75, 3.05) is 6.54 Å². The normalized spacial score (nSPS) is 19.3. The number of nitrogens with one attached hydrogen (secondary N) is 2. The zero-order chi connectivity index (χ0) is 12.7. The first-order chi connectivity index (χ1) is 9.43. The molecule has 1 aromatic carbocycles. The first kappa shape index (κ1) is 10.7. The highest BCUT2D eigenvalue weighted by molar-refractivity contribution is 5.88. The Morgan fingerprint density at radius 2 is 2.21 bits per heavy atom. The summed E-state index contributed by atoms with van der Waals surface area (Å²) in [6.45, 7) is 1.03. The van der Waals surface area contributed by atoms with Crippen LogP contribution in [0, 0.1) is 0 Å². The van der Waals surface area contributed by atoms with Gasteiger partial charge in [-0.2, -0.15) is 4.68 Å². The third kappa shape index (κ3) is 1.64. The van der Waals surface area contributed by atoms with Crippen molar-refractivity contribution in [1.82, 2.24) is 30.5 Å². The van der Waals surface area contributed by atoms with Crippen LogP contribution in [-0.2, 0) is 0 Å². The molecule has 2 N–H and O–H groups in total. The lowest BCUT2D eigenvalue weighted by Gasteiger charge is -2.09. The van der Waals surface area contributed by atoms with Crippen LogP contribution in [0.25, 0.3) is 16.6 Å². The number of hydrogen-bond acceptors (Lipinski definition) is 4. The van der Waals surface area contributed by atoms with E-state index >= 15 is 0 Å². The van der Waals surface area contributed by atoms with Crippen LogP contribution in [-0.4, -0.2) is 31.7 Å². The van der Waals surface area contributed by atoms with Crippen molar-refractivity contribution in [3.63, 3.8) is 0 Å². The molecule has 1 aliphatic heterocycles. The monoisotopic (exact) mass is 254 g/mol. The van der Waals surface area contributed by atoms with E-state index in [9.17, 15) is 0 Å². The molecule has 0 bridgehead atoms. The first-order valence-corrected chi connectivity index (χ1v) is 6.51. The van der Waals surface area contributed by atoms with Crippen molar-refractivity contribution in [2.45, 2.75) is 18.9 Å². The van der Waals surface area contributed by atoms with Crippen LogP contribution in [0.4, 0.5) is 0 Å². The summed E-state index contributed by atoms with van der Waals surface area (Å²) >= 11 is 0. The quantitative estimate of drug-likeness (QED) is 0.728. The zero-order valence-corrected chi connectivity index (χ0v) is 10.4. The van der Waals surface area contributed by atoms with Gasteiger partial charge in [-0.15, -0.1) is 5.10 Å². The third-order valence-electron chi connectivity index (χ3n) is 3.66. The van der Waals surface area contributed by atoms with E-state index in [0.29, 0.717) is 0 Å². The summed E-state index contributed by atoms with van der Waals surface area (Å²) in [5, 5.41) is 16.7. The minimum atomic E-state index is 0.253. The lowest BCUT2D eigenvalue weighted by atomic mass is 10.2. The van der Waals surface area contributed by atoms with Crippen molar-refractivity contribution >= 4 is 10.9 Å². The maximum Gasteiger partial charge on any atom is 0.173 e. The predicted molar refractivity (Wildman–Crippen MR) is 71.0 cm³/mol. The molecule has 4 rings (SSSR count). The number of H-pyrrole nitrogens is 1. The van der Waals surface area contributed by atoms with E-state index in [1.807, 2.05) is 23.0 Å². The standard InChI is InChI=1S/C13H14N6/c1-2-5-10-9(4-1)12(8-15-10)19-13(16-17-18-19)11-6-3-7-14-11/h1-2,4-5,8,11,14-15H,3,6-7H2. The second-order valence-electron chi connectivity index (χ2n) is 4.82. The van der Waals surface area contributed by atoms with Gasteiger partial charge in [0.05, 0.1) is 11.7 Å². The predicted octanol–water partition coefficient (Wildman–Crippen LogP) is 1.57. The molecule has 6 nitrogen and oxygen atoms in total. The Labute approximate surface area is 109 Å². The van der Waals surface area contributed by atoms with Gasteiger partial charge in [-0.05, 0) is 35.9 Å². The number of hydrogen-bond donors (Lipinski definition) is 2. The summed E-state index contributed by atoms with van der Waals surface area (Å²) in [5.41, 5.74) is 2.10. The molecule has 0 saturated carbocycles. The minimum Gasteiger partial charge on any atom is -0.359 e. The van der Waals surface area contributed by atoms with Gasteiger partial charge >= 0.3 is 0 Å². The molecule has 19 heavy (non-hydrogen) atoms. The molecule has 0 spiro atoms. The molecule has 0 aliphatic carbocycles. The van der Waals surface area contributed by atoms with Crippen molar-refractivity contribution in [2.24, 2.45) is 0 Å². The lowest BCUT2D eigenvalue weighted by Crippen LogP contribution is -2.17. The van der Waals surface area contributed by atoms with Crippen molar-refractivity contribution < 1.29 is 0 Å². The van der Waals surface area contributed by atoms with E-state index in [-0.39, 0.29) is 6.04 Å². The summed E-state index contributed by atoms with van der Waals surface area (Å²) in [6, 6.07) is 8.42. The second kappa shape index (κ2) is 4.17. The largest absolute Gasteiger partial charge is 0.359 e. The van der Waals surface area contributed by atoms with Crippen LogP contribution in [0.5, 0.6) is 0 Å². The maximum absolute atomic E-state index is 4.19. The number of benzene rings is 1. The van der Waals surface area contributed by atoms with Gasteiger partial charge in [0.1, 0.15) is 0 Å². The fourth-order valence-electron chi connectivity index (χ4n) is 2.72. The smallest absolute Gasteiger partial charge is 0.173 e.